The summed E-state index contributed by atoms with van der Waals surface area (Å²) in [5, 5.41) is 12.1. The van der Waals surface area contributed by atoms with E-state index in [0.29, 0.717) is 6.61 Å². The molecule has 1 heterocycles. The molecule has 0 aromatic carbocycles. The average molecular weight is 143 g/mol. The van der Waals surface area contributed by atoms with Crippen molar-refractivity contribution in [2.75, 3.05) is 19.7 Å². The van der Waals surface area contributed by atoms with Crippen LogP contribution in [0.25, 0.3) is 0 Å². The monoisotopic (exact) mass is 143 g/mol. The summed E-state index contributed by atoms with van der Waals surface area (Å²) < 4.78 is 0. The van der Waals surface area contributed by atoms with Gasteiger partial charge in [-0.1, -0.05) is 6.42 Å². The van der Waals surface area contributed by atoms with Crippen LogP contribution in [0.5, 0.6) is 0 Å². The van der Waals surface area contributed by atoms with Gasteiger partial charge in [-0.15, -0.1) is 0 Å². The van der Waals surface area contributed by atoms with Crippen molar-refractivity contribution in [3.8, 4) is 0 Å². The first-order chi connectivity index (χ1) is 4.93. The van der Waals surface area contributed by atoms with E-state index in [1.165, 1.54) is 25.8 Å². The number of aliphatic hydroxyl groups excluding tert-OH is 1. The van der Waals surface area contributed by atoms with Crippen LogP contribution in [0, 0.1) is 5.92 Å². The van der Waals surface area contributed by atoms with Gasteiger partial charge in [0.05, 0.1) is 0 Å². The fraction of sp³-hybridized carbons (Fsp3) is 1.00. The Balaban J connectivity index is 2.15. The smallest absolute Gasteiger partial charge is 0.0434 e. The Hall–Kier alpha value is -0.0800. The molecule has 0 amide bonds. The van der Waals surface area contributed by atoms with Gasteiger partial charge in [0, 0.05) is 6.61 Å². The molecule has 1 aliphatic heterocycles. The Kier molecular flexibility index (Phi) is 3.76. The highest BCUT2D eigenvalue weighted by Gasteiger charge is 2.09. The lowest BCUT2D eigenvalue weighted by Crippen LogP contribution is -2.21. The minimum Gasteiger partial charge on any atom is -0.396 e. The van der Waals surface area contributed by atoms with E-state index in [-0.39, 0.29) is 0 Å². The fourth-order valence-corrected chi connectivity index (χ4v) is 1.52. The van der Waals surface area contributed by atoms with Crippen LogP contribution in [0.4, 0.5) is 0 Å². The molecule has 2 N–H and O–H groups in total. The zero-order chi connectivity index (χ0) is 7.23. The quantitative estimate of drug-likeness (QED) is 0.598. The summed E-state index contributed by atoms with van der Waals surface area (Å²) in [4.78, 5) is 0. The van der Waals surface area contributed by atoms with Gasteiger partial charge < -0.3 is 10.4 Å². The molecule has 0 aliphatic carbocycles. The summed E-state index contributed by atoms with van der Waals surface area (Å²) in [6.07, 6.45) is 4.92. The van der Waals surface area contributed by atoms with Crippen molar-refractivity contribution in [2.24, 2.45) is 5.92 Å². The van der Waals surface area contributed by atoms with E-state index in [2.05, 4.69) is 5.32 Å². The van der Waals surface area contributed by atoms with Gasteiger partial charge >= 0.3 is 0 Å². The third-order valence-electron chi connectivity index (χ3n) is 2.19. The summed E-state index contributed by atoms with van der Waals surface area (Å²) >= 11 is 0. The lowest BCUT2D eigenvalue weighted by atomic mass is 10.0. The van der Waals surface area contributed by atoms with Gasteiger partial charge in [-0.25, -0.2) is 0 Å². The molecule has 0 spiro atoms. The number of hydrogen-bond donors (Lipinski definition) is 2. The lowest BCUT2D eigenvalue weighted by Gasteiger charge is -2.10. The van der Waals surface area contributed by atoms with Crippen molar-refractivity contribution in [3.63, 3.8) is 0 Å². The van der Waals surface area contributed by atoms with Crippen molar-refractivity contribution < 1.29 is 5.11 Å². The molecule has 0 bridgehead atoms. The van der Waals surface area contributed by atoms with E-state index in [4.69, 9.17) is 5.11 Å². The van der Waals surface area contributed by atoms with E-state index in [9.17, 15) is 0 Å². The Labute approximate surface area is 62.6 Å². The van der Waals surface area contributed by atoms with Crippen LogP contribution in [0.1, 0.15) is 25.7 Å². The minimum atomic E-state index is 0.354. The van der Waals surface area contributed by atoms with Gasteiger partial charge in [0.1, 0.15) is 0 Å². The maximum Gasteiger partial charge on any atom is 0.0434 e. The van der Waals surface area contributed by atoms with E-state index in [1.807, 2.05) is 0 Å². The molecule has 0 aromatic heterocycles. The van der Waals surface area contributed by atoms with Gasteiger partial charge in [-0.2, -0.15) is 0 Å². The molecule has 0 radical (unpaired) electrons. The van der Waals surface area contributed by atoms with Crippen molar-refractivity contribution >= 4 is 0 Å². The van der Waals surface area contributed by atoms with Crippen molar-refractivity contribution in [1.29, 1.82) is 0 Å². The standard InChI is InChI=1S/C8H17NO/c10-6-4-8-3-1-2-5-9-7-8/h8-10H,1-7H2. The molecule has 0 saturated carbocycles. The number of nitrogens with one attached hydrogen (secondary N) is 1. The second-order valence-electron chi connectivity index (χ2n) is 3.08. The van der Waals surface area contributed by atoms with E-state index in [1.54, 1.807) is 0 Å². The summed E-state index contributed by atoms with van der Waals surface area (Å²) in [6, 6.07) is 0. The highest BCUT2D eigenvalue weighted by atomic mass is 16.3. The Morgan fingerprint density at radius 2 is 2.30 bits per heavy atom. The third kappa shape index (κ3) is 2.67. The first-order valence-corrected chi connectivity index (χ1v) is 4.25. The summed E-state index contributed by atoms with van der Waals surface area (Å²) in [7, 11) is 0. The molecule has 1 rings (SSSR count). The molecular weight excluding hydrogens is 126 g/mol. The van der Waals surface area contributed by atoms with Crippen LogP contribution in [-0.2, 0) is 0 Å². The molecule has 1 saturated heterocycles. The van der Waals surface area contributed by atoms with Gasteiger partial charge in [-0.05, 0) is 38.3 Å². The fourth-order valence-electron chi connectivity index (χ4n) is 1.52. The maximum absolute atomic E-state index is 8.68. The van der Waals surface area contributed by atoms with Crippen LogP contribution < -0.4 is 5.32 Å². The van der Waals surface area contributed by atoms with Gasteiger partial charge in [0.15, 0.2) is 0 Å². The van der Waals surface area contributed by atoms with Crippen LogP contribution in [0.2, 0.25) is 0 Å². The Morgan fingerprint density at radius 3 is 3.10 bits per heavy atom. The molecule has 10 heavy (non-hydrogen) atoms. The Bertz CT molecular complexity index is 77.3. The summed E-state index contributed by atoms with van der Waals surface area (Å²) in [5.74, 6) is 0.729. The first kappa shape index (κ1) is 8.02. The molecule has 1 unspecified atom stereocenters. The molecule has 60 valence electrons. The average Bonchev–Trinajstić information content (AvgIpc) is 2.17. The molecule has 1 atom stereocenters. The van der Waals surface area contributed by atoms with E-state index < -0.39 is 0 Å². The third-order valence-corrected chi connectivity index (χ3v) is 2.19. The zero-order valence-corrected chi connectivity index (χ0v) is 6.47. The number of aliphatic hydroxyl groups is 1. The molecule has 0 aromatic rings. The SMILES string of the molecule is OCCC1CCCCNC1. The second-order valence-corrected chi connectivity index (χ2v) is 3.08. The lowest BCUT2D eigenvalue weighted by molar-refractivity contribution is 0.252. The number of rotatable bonds is 2. The van der Waals surface area contributed by atoms with Crippen LogP contribution >= 0.6 is 0 Å². The highest BCUT2D eigenvalue weighted by molar-refractivity contribution is 4.66. The zero-order valence-electron chi connectivity index (χ0n) is 6.47. The molecule has 1 aliphatic rings. The first-order valence-electron chi connectivity index (χ1n) is 4.25. The van der Waals surface area contributed by atoms with E-state index in [0.717, 1.165) is 18.9 Å². The second kappa shape index (κ2) is 4.69. The van der Waals surface area contributed by atoms with Crippen LogP contribution in [-0.4, -0.2) is 24.8 Å². The van der Waals surface area contributed by atoms with E-state index >= 15 is 0 Å². The normalized spacial score (nSPS) is 27.9. The largest absolute Gasteiger partial charge is 0.396 e. The molecule has 1 fully saturated rings. The van der Waals surface area contributed by atoms with Crippen molar-refractivity contribution in [2.45, 2.75) is 25.7 Å². The maximum atomic E-state index is 8.68. The molecule has 2 nitrogen and oxygen atoms in total. The predicted octanol–water partition coefficient (Wildman–Crippen LogP) is 0.758. The van der Waals surface area contributed by atoms with Crippen molar-refractivity contribution in [1.82, 2.24) is 5.32 Å². The topological polar surface area (TPSA) is 32.3 Å². The Morgan fingerprint density at radius 1 is 1.40 bits per heavy atom. The van der Waals surface area contributed by atoms with Gasteiger partial charge in [-0.3, -0.25) is 0 Å². The summed E-state index contributed by atoms with van der Waals surface area (Å²) in [5.41, 5.74) is 0. The molecule has 2 heteroatoms. The highest BCUT2D eigenvalue weighted by Crippen LogP contribution is 2.13. The number of hydrogen-bond acceptors (Lipinski definition) is 2. The van der Waals surface area contributed by atoms with Crippen LogP contribution in [0.3, 0.4) is 0 Å². The van der Waals surface area contributed by atoms with Gasteiger partial charge in [0.25, 0.3) is 0 Å². The summed E-state index contributed by atoms with van der Waals surface area (Å²) in [6.45, 7) is 2.63. The van der Waals surface area contributed by atoms with Crippen LogP contribution in [0.15, 0.2) is 0 Å². The minimum absolute atomic E-state index is 0.354. The van der Waals surface area contributed by atoms with Gasteiger partial charge in [0.2, 0.25) is 0 Å². The van der Waals surface area contributed by atoms with Crippen molar-refractivity contribution in [3.05, 3.63) is 0 Å². The predicted molar refractivity (Wildman–Crippen MR) is 41.9 cm³/mol. The molecular formula is C8H17NO.